The van der Waals surface area contributed by atoms with Crippen molar-refractivity contribution >= 4 is 11.7 Å². The second kappa shape index (κ2) is 11.9. The van der Waals surface area contributed by atoms with Crippen molar-refractivity contribution in [3.8, 4) is 0 Å². The number of hydrogen-bond donors (Lipinski definition) is 1. The molecule has 4 aliphatic rings. The van der Waals surface area contributed by atoms with Gasteiger partial charge in [0.25, 0.3) is 0 Å². The van der Waals surface area contributed by atoms with Gasteiger partial charge in [-0.15, -0.1) is 0 Å². The van der Waals surface area contributed by atoms with E-state index in [2.05, 4.69) is 13.8 Å². The third kappa shape index (κ3) is 5.74. The summed E-state index contributed by atoms with van der Waals surface area (Å²) in [4.78, 5) is 25.8. The van der Waals surface area contributed by atoms with Crippen LogP contribution in [-0.4, -0.2) is 41.9 Å². The van der Waals surface area contributed by atoms with Crippen LogP contribution in [0.15, 0.2) is 0 Å². The van der Waals surface area contributed by atoms with Crippen molar-refractivity contribution < 1.29 is 14.7 Å². The Morgan fingerprint density at radius 3 is 2.22 bits per heavy atom. The Morgan fingerprint density at radius 2 is 1.53 bits per heavy atom. The van der Waals surface area contributed by atoms with Crippen LogP contribution >= 0.6 is 0 Å². The molecule has 4 heteroatoms. The van der Waals surface area contributed by atoms with Crippen molar-refractivity contribution in [2.24, 2.45) is 40.4 Å². The van der Waals surface area contributed by atoms with E-state index in [9.17, 15) is 14.7 Å². The summed E-state index contributed by atoms with van der Waals surface area (Å²) >= 11 is 0. The number of carbonyl (C=O) groups is 2. The van der Waals surface area contributed by atoms with Crippen LogP contribution in [0.3, 0.4) is 0 Å². The Balaban J connectivity index is 1.26. The molecule has 36 heavy (non-hydrogen) atoms. The van der Waals surface area contributed by atoms with E-state index in [0.717, 1.165) is 49.9 Å². The van der Waals surface area contributed by atoms with Crippen LogP contribution in [0, 0.1) is 40.4 Å². The highest BCUT2D eigenvalue weighted by Crippen LogP contribution is 2.67. The Kier molecular flexibility index (Phi) is 9.27. The molecule has 4 fully saturated rings. The highest BCUT2D eigenvalue weighted by atomic mass is 16.3. The molecule has 0 aliphatic heterocycles. The maximum absolute atomic E-state index is 12.4. The zero-order valence-corrected chi connectivity index (χ0v) is 23.9. The first kappa shape index (κ1) is 28.1. The first-order chi connectivity index (χ1) is 17.2. The Labute approximate surface area is 221 Å². The van der Waals surface area contributed by atoms with E-state index in [4.69, 9.17) is 0 Å². The monoisotopic (exact) mass is 501 g/mol. The molecule has 0 heterocycles. The van der Waals surface area contributed by atoms with Gasteiger partial charge in [0.15, 0.2) is 0 Å². The molecular weight excluding hydrogens is 446 g/mol. The summed E-state index contributed by atoms with van der Waals surface area (Å²) in [6.07, 6.45) is 20.7. The van der Waals surface area contributed by atoms with Crippen molar-refractivity contribution in [2.45, 2.75) is 136 Å². The molecule has 8 atom stereocenters. The summed E-state index contributed by atoms with van der Waals surface area (Å²) in [5, 5.41) is 10.9. The molecule has 0 unspecified atom stereocenters. The van der Waals surface area contributed by atoms with E-state index in [-0.39, 0.29) is 17.4 Å². The van der Waals surface area contributed by atoms with Crippen LogP contribution in [0.2, 0.25) is 0 Å². The molecule has 1 N–H and O–H groups in total. The molecule has 0 saturated heterocycles. The van der Waals surface area contributed by atoms with Crippen molar-refractivity contribution in [2.75, 3.05) is 14.1 Å². The molecule has 0 aromatic rings. The van der Waals surface area contributed by atoms with Crippen LogP contribution in [0.1, 0.15) is 129 Å². The van der Waals surface area contributed by atoms with Crippen molar-refractivity contribution in [3.05, 3.63) is 0 Å². The number of ketones is 1. The van der Waals surface area contributed by atoms with Crippen molar-refractivity contribution in [1.82, 2.24) is 4.90 Å². The van der Waals surface area contributed by atoms with Gasteiger partial charge in [-0.3, -0.25) is 9.59 Å². The second-order valence-corrected chi connectivity index (χ2v) is 14.0. The molecule has 0 aromatic heterocycles. The SMILES string of the molecule is CN(C)C(=O)CCCCCCCCCC[C@@H]1C[C@H]2CC(=O)CC[C@]2(C)[C@H]2CC[C@]3(C)[C@@H](O)CC[C@H]3[C@H]12. The number of aliphatic hydroxyl groups is 1. The van der Waals surface area contributed by atoms with Gasteiger partial charge in [-0.05, 0) is 85.4 Å². The summed E-state index contributed by atoms with van der Waals surface area (Å²) in [5.41, 5.74) is 0.478. The average Bonchev–Trinajstić information content (AvgIpc) is 3.15. The molecule has 4 saturated carbocycles. The lowest BCUT2D eigenvalue weighted by atomic mass is 9.42. The van der Waals surface area contributed by atoms with Gasteiger partial charge in [0.2, 0.25) is 5.91 Å². The van der Waals surface area contributed by atoms with E-state index in [1.165, 1.54) is 77.0 Å². The third-order valence-corrected chi connectivity index (χ3v) is 11.8. The molecule has 0 aromatic carbocycles. The van der Waals surface area contributed by atoms with Gasteiger partial charge < -0.3 is 10.0 Å². The maximum Gasteiger partial charge on any atom is 0.222 e. The molecule has 0 spiro atoms. The topological polar surface area (TPSA) is 57.6 Å². The number of nitrogens with zero attached hydrogens (tertiary/aromatic N) is 1. The summed E-state index contributed by atoms with van der Waals surface area (Å²) in [5.74, 6) is 4.33. The summed E-state index contributed by atoms with van der Waals surface area (Å²) < 4.78 is 0. The second-order valence-electron chi connectivity index (χ2n) is 14.0. The van der Waals surface area contributed by atoms with Gasteiger partial charge in [0.05, 0.1) is 6.10 Å². The van der Waals surface area contributed by atoms with Crippen LogP contribution in [0.4, 0.5) is 0 Å². The van der Waals surface area contributed by atoms with Crippen molar-refractivity contribution in [3.63, 3.8) is 0 Å². The largest absolute Gasteiger partial charge is 0.393 e. The summed E-state index contributed by atoms with van der Waals surface area (Å²) in [7, 11) is 3.68. The fourth-order valence-electron chi connectivity index (χ4n) is 9.46. The minimum atomic E-state index is -0.108. The maximum atomic E-state index is 12.4. The zero-order chi connectivity index (χ0) is 25.9. The van der Waals surface area contributed by atoms with E-state index >= 15 is 0 Å². The fraction of sp³-hybridized carbons (Fsp3) is 0.938. The predicted molar refractivity (Wildman–Crippen MR) is 146 cm³/mol. The van der Waals surface area contributed by atoms with Crippen LogP contribution in [0.25, 0.3) is 0 Å². The molecule has 1 amide bonds. The van der Waals surface area contributed by atoms with Gasteiger partial charge in [-0.25, -0.2) is 0 Å². The molecule has 206 valence electrons. The average molecular weight is 502 g/mol. The predicted octanol–water partition coefficient (Wildman–Crippen LogP) is 7.17. The van der Waals surface area contributed by atoms with Gasteiger partial charge >= 0.3 is 0 Å². The van der Waals surface area contributed by atoms with Crippen molar-refractivity contribution in [1.29, 1.82) is 0 Å². The Hall–Kier alpha value is -0.900. The first-order valence-electron chi connectivity index (χ1n) is 15.6. The molecule has 4 nitrogen and oxygen atoms in total. The number of rotatable bonds is 11. The van der Waals surface area contributed by atoms with Gasteiger partial charge in [-0.2, -0.15) is 0 Å². The van der Waals surface area contributed by atoms with E-state index < -0.39 is 0 Å². The molecule has 4 rings (SSSR count). The number of amides is 1. The van der Waals surface area contributed by atoms with Gasteiger partial charge in [0.1, 0.15) is 5.78 Å². The lowest BCUT2D eigenvalue weighted by Gasteiger charge is -2.62. The van der Waals surface area contributed by atoms with Gasteiger partial charge in [-0.1, -0.05) is 65.2 Å². The third-order valence-electron chi connectivity index (χ3n) is 11.8. The number of Topliss-reactive ketones (excluding diaryl/α,β-unsaturated/α-hetero) is 1. The molecule has 0 radical (unpaired) electrons. The lowest BCUT2D eigenvalue weighted by Crippen LogP contribution is -2.57. The lowest BCUT2D eigenvalue weighted by molar-refractivity contribution is -0.156. The highest BCUT2D eigenvalue weighted by Gasteiger charge is 2.62. The minimum absolute atomic E-state index is 0.108. The number of aliphatic hydroxyl groups excluding tert-OH is 1. The highest BCUT2D eigenvalue weighted by molar-refractivity contribution is 5.79. The molecule has 0 bridgehead atoms. The summed E-state index contributed by atoms with van der Waals surface area (Å²) in [6, 6.07) is 0. The quantitative estimate of drug-likeness (QED) is 0.305. The normalized spacial score (nSPS) is 39.9. The Bertz CT molecular complexity index is 764. The standard InChI is InChI=1S/C32H55NO3/c1-31-19-17-25(34)22-24(31)21-23(30-26-15-16-28(35)32(26,2)20-18-27(30)31)13-11-9-7-5-6-8-10-12-14-29(36)33(3)4/h23-24,26-28,30,35H,5-22H2,1-4H3/t23-,24+,26+,27+,28+,30+,31+,32+/m1/s1. The van der Waals surface area contributed by atoms with Crippen LogP contribution in [-0.2, 0) is 9.59 Å². The van der Waals surface area contributed by atoms with E-state index in [1.807, 2.05) is 14.1 Å². The Morgan fingerprint density at radius 1 is 0.889 bits per heavy atom. The smallest absolute Gasteiger partial charge is 0.222 e. The molecule has 4 aliphatic carbocycles. The van der Waals surface area contributed by atoms with Crippen LogP contribution in [0.5, 0.6) is 0 Å². The van der Waals surface area contributed by atoms with E-state index in [1.54, 1.807) is 4.90 Å². The first-order valence-corrected chi connectivity index (χ1v) is 15.6. The number of hydrogen-bond acceptors (Lipinski definition) is 3. The van der Waals surface area contributed by atoms with Gasteiger partial charge in [0, 0.05) is 33.4 Å². The fourth-order valence-corrected chi connectivity index (χ4v) is 9.46. The number of unbranched alkanes of at least 4 members (excludes halogenated alkanes) is 7. The zero-order valence-electron chi connectivity index (χ0n) is 23.9. The number of carbonyl (C=O) groups excluding carboxylic acids is 2. The molecular formula is C32H55NO3. The summed E-state index contributed by atoms with van der Waals surface area (Å²) in [6.45, 7) is 4.94. The van der Waals surface area contributed by atoms with E-state index in [0.29, 0.717) is 29.5 Å². The number of fused-ring (bicyclic) bond motifs is 5. The minimum Gasteiger partial charge on any atom is -0.393 e. The van der Waals surface area contributed by atoms with Crippen LogP contribution < -0.4 is 0 Å².